The van der Waals surface area contributed by atoms with Crippen LogP contribution in [0.25, 0.3) is 0 Å². The van der Waals surface area contributed by atoms with Gasteiger partial charge in [-0.1, -0.05) is 0 Å². The van der Waals surface area contributed by atoms with Crippen molar-refractivity contribution in [3.8, 4) is 6.07 Å². The standard InChI is InChI=1S/C15H20N4O3S/c1-12-9-13(10-16)3-4-14(12)23(21,22)18(2)11-15(20)19-7-5-17-6-8-19/h3-4,9,17H,5-8,11H2,1-2H3. The number of sulfonamides is 1. The summed E-state index contributed by atoms with van der Waals surface area (Å²) < 4.78 is 26.3. The maximum Gasteiger partial charge on any atom is 0.243 e. The molecule has 0 aliphatic carbocycles. The SMILES string of the molecule is Cc1cc(C#N)ccc1S(=O)(=O)N(C)CC(=O)N1CCNCC1. The molecule has 1 saturated heterocycles. The highest BCUT2D eigenvalue weighted by molar-refractivity contribution is 7.89. The van der Waals surface area contributed by atoms with Crippen LogP contribution in [0.1, 0.15) is 11.1 Å². The molecule has 0 saturated carbocycles. The number of rotatable bonds is 4. The van der Waals surface area contributed by atoms with Gasteiger partial charge in [-0.3, -0.25) is 4.79 Å². The molecule has 1 amide bonds. The minimum Gasteiger partial charge on any atom is -0.339 e. The molecule has 23 heavy (non-hydrogen) atoms. The molecule has 2 rings (SSSR count). The van der Waals surface area contributed by atoms with Crippen molar-refractivity contribution in [3.63, 3.8) is 0 Å². The zero-order chi connectivity index (χ0) is 17.0. The van der Waals surface area contributed by atoms with Crippen LogP contribution in [0.15, 0.2) is 23.1 Å². The van der Waals surface area contributed by atoms with Crippen LogP contribution in [0.4, 0.5) is 0 Å². The molecule has 1 aliphatic rings. The zero-order valence-electron chi connectivity index (χ0n) is 13.2. The van der Waals surface area contributed by atoms with Crippen molar-refractivity contribution in [2.75, 3.05) is 39.8 Å². The summed E-state index contributed by atoms with van der Waals surface area (Å²) in [6.07, 6.45) is 0. The fraction of sp³-hybridized carbons (Fsp3) is 0.467. The number of amides is 1. The third-order valence-corrected chi connectivity index (χ3v) is 5.78. The van der Waals surface area contributed by atoms with Crippen LogP contribution >= 0.6 is 0 Å². The Bertz CT molecular complexity index is 734. The van der Waals surface area contributed by atoms with Crippen LogP contribution in [0.3, 0.4) is 0 Å². The number of nitrogens with one attached hydrogen (secondary N) is 1. The smallest absolute Gasteiger partial charge is 0.243 e. The number of piperazine rings is 1. The Morgan fingerprint density at radius 3 is 2.61 bits per heavy atom. The molecule has 0 bridgehead atoms. The van der Waals surface area contributed by atoms with E-state index in [4.69, 9.17) is 5.26 Å². The van der Waals surface area contributed by atoms with Gasteiger partial charge >= 0.3 is 0 Å². The first-order chi connectivity index (χ1) is 10.9. The van der Waals surface area contributed by atoms with Gasteiger partial charge in [-0.15, -0.1) is 0 Å². The summed E-state index contributed by atoms with van der Waals surface area (Å²) in [7, 11) is -2.37. The first-order valence-electron chi connectivity index (χ1n) is 7.32. The van der Waals surface area contributed by atoms with Gasteiger partial charge in [-0.05, 0) is 30.7 Å². The van der Waals surface area contributed by atoms with Crippen molar-refractivity contribution >= 4 is 15.9 Å². The maximum atomic E-state index is 12.6. The lowest BCUT2D eigenvalue weighted by Crippen LogP contribution is -2.49. The molecule has 0 unspecified atom stereocenters. The summed E-state index contributed by atoms with van der Waals surface area (Å²) >= 11 is 0. The molecule has 0 aromatic heterocycles. The lowest BCUT2D eigenvalue weighted by Gasteiger charge is -2.29. The number of nitriles is 1. The molecule has 1 aromatic carbocycles. The molecule has 8 heteroatoms. The Kier molecular flexibility index (Phi) is 5.36. The molecule has 1 fully saturated rings. The fourth-order valence-electron chi connectivity index (χ4n) is 2.47. The quantitative estimate of drug-likeness (QED) is 0.830. The van der Waals surface area contributed by atoms with Crippen LogP contribution in [0.2, 0.25) is 0 Å². The van der Waals surface area contributed by atoms with E-state index in [0.29, 0.717) is 24.2 Å². The van der Waals surface area contributed by atoms with Gasteiger partial charge in [0.25, 0.3) is 0 Å². The topological polar surface area (TPSA) is 93.5 Å². The first kappa shape index (κ1) is 17.4. The molecule has 0 spiro atoms. The summed E-state index contributed by atoms with van der Waals surface area (Å²) in [4.78, 5) is 14.0. The van der Waals surface area contributed by atoms with E-state index in [9.17, 15) is 13.2 Å². The summed E-state index contributed by atoms with van der Waals surface area (Å²) in [6, 6.07) is 6.38. The normalized spacial score (nSPS) is 15.5. The number of hydrogen-bond acceptors (Lipinski definition) is 5. The molecule has 1 heterocycles. The summed E-state index contributed by atoms with van der Waals surface area (Å²) in [5.41, 5.74) is 0.895. The van der Waals surface area contributed by atoms with Gasteiger partial charge in [-0.25, -0.2) is 8.42 Å². The van der Waals surface area contributed by atoms with Gasteiger partial charge in [0.15, 0.2) is 0 Å². The van der Waals surface area contributed by atoms with Gasteiger partial charge in [0.1, 0.15) is 0 Å². The Morgan fingerprint density at radius 1 is 1.39 bits per heavy atom. The van der Waals surface area contributed by atoms with Crippen LogP contribution in [0, 0.1) is 18.3 Å². The van der Waals surface area contributed by atoms with E-state index >= 15 is 0 Å². The van der Waals surface area contributed by atoms with E-state index in [1.54, 1.807) is 11.8 Å². The molecule has 1 aliphatic heterocycles. The second-order valence-electron chi connectivity index (χ2n) is 5.48. The van der Waals surface area contributed by atoms with E-state index in [2.05, 4.69) is 5.32 Å². The fourth-order valence-corrected chi connectivity index (χ4v) is 3.79. The van der Waals surface area contributed by atoms with Gasteiger partial charge in [0.05, 0.1) is 23.1 Å². The van der Waals surface area contributed by atoms with Gasteiger partial charge in [-0.2, -0.15) is 9.57 Å². The molecular formula is C15H20N4O3S. The summed E-state index contributed by atoms with van der Waals surface area (Å²) in [5.74, 6) is -0.205. The average molecular weight is 336 g/mol. The van der Waals surface area contributed by atoms with Gasteiger partial charge in [0, 0.05) is 33.2 Å². The van der Waals surface area contributed by atoms with Crippen LogP contribution in [-0.4, -0.2) is 63.3 Å². The van der Waals surface area contributed by atoms with E-state index < -0.39 is 10.0 Å². The Labute approximate surface area is 136 Å². The lowest BCUT2D eigenvalue weighted by atomic mass is 10.2. The molecular weight excluding hydrogens is 316 g/mol. The number of hydrogen-bond donors (Lipinski definition) is 1. The van der Waals surface area contributed by atoms with Crippen molar-refractivity contribution in [3.05, 3.63) is 29.3 Å². The van der Waals surface area contributed by atoms with Crippen molar-refractivity contribution in [2.24, 2.45) is 0 Å². The number of nitrogens with zero attached hydrogens (tertiary/aromatic N) is 3. The average Bonchev–Trinajstić information content (AvgIpc) is 2.55. The van der Waals surface area contributed by atoms with Crippen molar-refractivity contribution in [2.45, 2.75) is 11.8 Å². The lowest BCUT2D eigenvalue weighted by molar-refractivity contribution is -0.131. The highest BCUT2D eigenvalue weighted by atomic mass is 32.2. The first-order valence-corrected chi connectivity index (χ1v) is 8.76. The Morgan fingerprint density at radius 2 is 2.04 bits per heavy atom. The number of likely N-dealkylation sites (N-methyl/N-ethyl adjacent to an activating group) is 1. The molecule has 1 N–H and O–H groups in total. The number of carbonyl (C=O) groups excluding carboxylic acids is 1. The van der Waals surface area contributed by atoms with Crippen molar-refractivity contribution < 1.29 is 13.2 Å². The third-order valence-electron chi connectivity index (χ3n) is 3.82. The summed E-state index contributed by atoms with van der Waals surface area (Å²) in [6.45, 7) is 4.06. The second-order valence-corrected chi connectivity index (χ2v) is 7.50. The highest BCUT2D eigenvalue weighted by Gasteiger charge is 2.27. The monoisotopic (exact) mass is 336 g/mol. The van der Waals surface area contributed by atoms with E-state index in [1.807, 2.05) is 6.07 Å². The van der Waals surface area contributed by atoms with Gasteiger partial charge in [0.2, 0.25) is 15.9 Å². The van der Waals surface area contributed by atoms with E-state index in [-0.39, 0.29) is 17.3 Å². The third kappa shape index (κ3) is 3.88. The summed E-state index contributed by atoms with van der Waals surface area (Å²) in [5, 5.41) is 12.0. The molecule has 124 valence electrons. The van der Waals surface area contributed by atoms with Crippen molar-refractivity contribution in [1.29, 1.82) is 5.26 Å². The molecule has 0 radical (unpaired) electrons. The number of aryl methyl sites for hydroxylation is 1. The Balaban J connectivity index is 2.15. The second kappa shape index (κ2) is 7.08. The highest BCUT2D eigenvalue weighted by Crippen LogP contribution is 2.20. The maximum absolute atomic E-state index is 12.6. The zero-order valence-corrected chi connectivity index (χ0v) is 14.1. The molecule has 1 aromatic rings. The van der Waals surface area contributed by atoms with E-state index in [1.165, 1.54) is 25.2 Å². The molecule has 7 nitrogen and oxygen atoms in total. The van der Waals surface area contributed by atoms with Crippen LogP contribution in [0.5, 0.6) is 0 Å². The van der Waals surface area contributed by atoms with Crippen molar-refractivity contribution in [1.82, 2.24) is 14.5 Å². The number of carbonyl (C=O) groups is 1. The van der Waals surface area contributed by atoms with Crippen LogP contribution in [-0.2, 0) is 14.8 Å². The predicted molar refractivity (Wildman–Crippen MR) is 85.2 cm³/mol. The predicted octanol–water partition coefficient (Wildman–Crippen LogP) is -0.0810. The van der Waals surface area contributed by atoms with E-state index in [0.717, 1.165) is 17.4 Å². The Hall–Kier alpha value is -1.95. The number of benzene rings is 1. The minimum absolute atomic E-state index is 0.118. The van der Waals surface area contributed by atoms with Crippen LogP contribution < -0.4 is 5.32 Å². The largest absolute Gasteiger partial charge is 0.339 e. The molecule has 0 atom stereocenters. The van der Waals surface area contributed by atoms with Gasteiger partial charge < -0.3 is 10.2 Å². The minimum atomic E-state index is -3.77.